The molecule has 1 aromatic carbocycles. The minimum absolute atomic E-state index is 0.00901. The number of pyridine rings is 1. The molecular weight excluding hydrogens is 476 g/mol. The van der Waals surface area contributed by atoms with E-state index in [1.165, 1.54) is 0 Å². The smallest absolute Gasteiger partial charge is 0.256 e. The number of halogens is 1. The molecule has 1 aliphatic carbocycles. The van der Waals surface area contributed by atoms with Crippen LogP contribution in [0, 0.1) is 28.1 Å². The van der Waals surface area contributed by atoms with Gasteiger partial charge in [-0.3, -0.25) is 4.79 Å². The Bertz CT molecular complexity index is 1240. The van der Waals surface area contributed by atoms with Crippen LogP contribution >= 0.6 is 11.6 Å². The molecule has 1 amide bonds. The fraction of sp³-hybridized carbons (Fsp3) is 0.500. The van der Waals surface area contributed by atoms with Crippen molar-refractivity contribution in [1.29, 1.82) is 5.26 Å². The van der Waals surface area contributed by atoms with Gasteiger partial charge in [0.15, 0.2) is 0 Å². The number of carbonyl (C=O) groups excluding carboxylic acids is 2. The summed E-state index contributed by atoms with van der Waals surface area (Å²) in [6, 6.07) is 11.0. The molecule has 2 aromatic rings. The molecule has 0 radical (unpaired) electrons. The molecule has 36 heavy (non-hydrogen) atoms. The van der Waals surface area contributed by atoms with E-state index in [2.05, 4.69) is 38.7 Å². The summed E-state index contributed by atoms with van der Waals surface area (Å²) in [5.41, 5.74) is 1.25. The Balaban J connectivity index is 1.34. The number of rotatable bonds is 5. The van der Waals surface area contributed by atoms with Crippen LogP contribution < -0.4 is 9.64 Å². The molecule has 0 bridgehead atoms. The van der Waals surface area contributed by atoms with E-state index in [-0.39, 0.29) is 34.8 Å². The molecule has 1 saturated heterocycles. The number of anilines is 1. The maximum Gasteiger partial charge on any atom is 0.256 e. The van der Waals surface area contributed by atoms with E-state index in [4.69, 9.17) is 26.6 Å². The lowest BCUT2D eigenvalue weighted by atomic mass is 9.49. The van der Waals surface area contributed by atoms with Crippen molar-refractivity contribution in [1.82, 2.24) is 9.88 Å². The predicted octanol–water partition coefficient (Wildman–Crippen LogP) is 4.86. The summed E-state index contributed by atoms with van der Waals surface area (Å²) in [4.78, 5) is 33.6. The Kier molecular flexibility index (Phi) is 5.99. The lowest BCUT2D eigenvalue weighted by Gasteiger charge is -2.65. The number of nitrogens with zero attached hydrogens (tertiary/aromatic N) is 4. The minimum atomic E-state index is -0.318. The number of amides is 1. The van der Waals surface area contributed by atoms with Crippen molar-refractivity contribution in [3.05, 3.63) is 52.2 Å². The maximum atomic E-state index is 13.5. The molecule has 0 unspecified atom stereocenters. The normalized spacial score (nSPS) is 24.6. The van der Waals surface area contributed by atoms with Gasteiger partial charge in [-0.25, -0.2) is 4.98 Å². The minimum Gasteiger partial charge on any atom is -0.489 e. The van der Waals surface area contributed by atoms with E-state index < -0.39 is 0 Å². The Hall–Kier alpha value is -3.11. The van der Waals surface area contributed by atoms with Gasteiger partial charge < -0.3 is 19.3 Å². The molecule has 1 aromatic heterocycles. The number of hydrogen-bond acceptors (Lipinski definition) is 6. The van der Waals surface area contributed by atoms with Crippen LogP contribution in [0.15, 0.2) is 30.3 Å². The molecular formula is C28H31ClN4O3. The van der Waals surface area contributed by atoms with Crippen LogP contribution in [0.25, 0.3) is 0 Å². The lowest BCUT2D eigenvalue weighted by molar-refractivity contribution is -0.199. The molecule has 5 rings (SSSR count). The molecule has 7 nitrogen and oxygen atoms in total. The number of ether oxygens (including phenoxy) is 1. The van der Waals surface area contributed by atoms with Crippen LogP contribution in [-0.2, 0) is 11.3 Å². The van der Waals surface area contributed by atoms with Gasteiger partial charge in [-0.1, -0.05) is 39.3 Å². The van der Waals surface area contributed by atoms with E-state index >= 15 is 0 Å². The highest BCUT2D eigenvalue weighted by Gasteiger charge is 2.67. The van der Waals surface area contributed by atoms with Crippen molar-refractivity contribution in [3.8, 4) is 11.8 Å². The Morgan fingerprint density at radius 1 is 1.14 bits per heavy atom. The highest BCUT2D eigenvalue weighted by Crippen LogP contribution is 2.59. The van der Waals surface area contributed by atoms with Crippen molar-refractivity contribution in [2.24, 2.45) is 16.7 Å². The van der Waals surface area contributed by atoms with Gasteiger partial charge in [-0.2, -0.15) is 5.26 Å². The Morgan fingerprint density at radius 3 is 2.44 bits per heavy atom. The fourth-order valence-electron chi connectivity index (χ4n) is 6.85. The van der Waals surface area contributed by atoms with E-state index in [1.807, 2.05) is 17.0 Å². The zero-order valence-corrected chi connectivity index (χ0v) is 21.9. The van der Waals surface area contributed by atoms with E-state index in [0.717, 1.165) is 43.7 Å². The first-order valence-corrected chi connectivity index (χ1v) is 12.8. The summed E-state index contributed by atoms with van der Waals surface area (Å²) >= 11 is 6.22. The van der Waals surface area contributed by atoms with Gasteiger partial charge in [0.05, 0.1) is 28.4 Å². The Morgan fingerprint density at radius 2 is 1.83 bits per heavy atom. The van der Waals surface area contributed by atoms with Crippen LogP contribution in [-0.4, -0.2) is 47.3 Å². The SMILES string of the molecule is CC1(C)C(Oc2ccc(C#N)c(Cl)c2)C(C)(C)C1N1Cc2nc(N3CCC(C=O)CC3)ccc2C1=O. The average Bonchev–Trinajstić information content (AvgIpc) is 3.16. The number of benzene rings is 1. The molecule has 0 atom stereocenters. The van der Waals surface area contributed by atoms with Gasteiger partial charge in [0, 0.05) is 41.9 Å². The second kappa shape index (κ2) is 8.77. The molecule has 2 aliphatic heterocycles. The highest BCUT2D eigenvalue weighted by atomic mass is 35.5. The Labute approximate surface area is 217 Å². The van der Waals surface area contributed by atoms with Crippen LogP contribution in [0.4, 0.5) is 5.82 Å². The summed E-state index contributed by atoms with van der Waals surface area (Å²) in [6.45, 7) is 10.6. The summed E-state index contributed by atoms with van der Waals surface area (Å²) in [7, 11) is 0. The summed E-state index contributed by atoms with van der Waals surface area (Å²) in [6.07, 6.45) is 2.57. The summed E-state index contributed by atoms with van der Waals surface area (Å²) < 4.78 is 6.40. The molecule has 1 saturated carbocycles. The number of hydrogen-bond donors (Lipinski definition) is 0. The van der Waals surface area contributed by atoms with Gasteiger partial charge in [-0.05, 0) is 37.1 Å². The first-order chi connectivity index (χ1) is 17.1. The van der Waals surface area contributed by atoms with Crippen molar-refractivity contribution < 1.29 is 14.3 Å². The molecule has 3 heterocycles. The third kappa shape index (κ3) is 3.83. The van der Waals surface area contributed by atoms with Crippen molar-refractivity contribution in [2.75, 3.05) is 18.0 Å². The molecule has 2 fully saturated rings. The standard InChI is InChI=1S/C28H31ClN4O3/c1-27(2)25(28(3,4)26(27)36-19-6-5-18(14-30)21(29)13-19)33-15-22-20(24(33)35)7-8-23(31-22)32-11-9-17(16-34)10-12-32/h5-8,13,16-17,25-26H,9-12,15H2,1-4H3. The third-order valence-corrected chi connectivity index (χ3v) is 8.53. The summed E-state index contributed by atoms with van der Waals surface area (Å²) in [5.74, 6) is 1.63. The number of aromatic nitrogens is 1. The van der Waals surface area contributed by atoms with Gasteiger partial charge in [0.25, 0.3) is 5.91 Å². The van der Waals surface area contributed by atoms with E-state index in [9.17, 15) is 9.59 Å². The zero-order chi connectivity index (χ0) is 25.8. The van der Waals surface area contributed by atoms with Gasteiger partial charge in [-0.15, -0.1) is 0 Å². The van der Waals surface area contributed by atoms with Crippen LogP contribution in [0.1, 0.15) is 62.2 Å². The maximum absolute atomic E-state index is 13.5. The monoisotopic (exact) mass is 506 g/mol. The van der Waals surface area contributed by atoms with Crippen molar-refractivity contribution in [2.45, 2.75) is 59.2 Å². The number of nitriles is 1. The van der Waals surface area contributed by atoms with Gasteiger partial charge in [0.2, 0.25) is 0 Å². The second-order valence-electron chi connectivity index (χ2n) is 11.4. The average molecular weight is 507 g/mol. The zero-order valence-electron chi connectivity index (χ0n) is 21.1. The first-order valence-electron chi connectivity index (χ1n) is 12.5. The van der Waals surface area contributed by atoms with E-state index in [1.54, 1.807) is 18.2 Å². The lowest BCUT2D eigenvalue weighted by Crippen LogP contribution is -2.74. The van der Waals surface area contributed by atoms with Crippen molar-refractivity contribution >= 4 is 29.6 Å². The highest BCUT2D eigenvalue weighted by molar-refractivity contribution is 6.31. The predicted molar refractivity (Wildman–Crippen MR) is 137 cm³/mol. The molecule has 8 heteroatoms. The quantitative estimate of drug-likeness (QED) is 0.538. The second-order valence-corrected chi connectivity index (χ2v) is 11.8. The number of fused-ring (bicyclic) bond motifs is 1. The van der Waals surface area contributed by atoms with Crippen LogP contribution in [0.2, 0.25) is 5.02 Å². The van der Waals surface area contributed by atoms with Crippen LogP contribution in [0.3, 0.4) is 0 Å². The number of piperidine rings is 1. The third-order valence-electron chi connectivity index (χ3n) is 8.21. The van der Waals surface area contributed by atoms with Gasteiger partial charge in [0.1, 0.15) is 30.0 Å². The van der Waals surface area contributed by atoms with Gasteiger partial charge >= 0.3 is 0 Å². The van der Waals surface area contributed by atoms with E-state index in [0.29, 0.717) is 28.4 Å². The summed E-state index contributed by atoms with van der Waals surface area (Å²) in [5, 5.41) is 9.51. The van der Waals surface area contributed by atoms with Crippen molar-refractivity contribution in [3.63, 3.8) is 0 Å². The first kappa shape index (κ1) is 24.6. The molecule has 188 valence electrons. The molecule has 3 aliphatic rings. The van der Waals surface area contributed by atoms with Crippen LogP contribution in [0.5, 0.6) is 5.75 Å². The number of aldehydes is 1. The fourth-order valence-corrected chi connectivity index (χ4v) is 7.07. The topological polar surface area (TPSA) is 86.5 Å². The number of carbonyl (C=O) groups is 2. The molecule has 0 spiro atoms. The molecule has 0 N–H and O–H groups in total. The largest absolute Gasteiger partial charge is 0.489 e.